The van der Waals surface area contributed by atoms with E-state index >= 15 is 0 Å². The first-order valence-electron chi connectivity index (χ1n) is 24.5. The van der Waals surface area contributed by atoms with E-state index in [-0.39, 0.29) is 12.5 Å². The fraction of sp³-hybridized carbons (Fsp3) is 0.900. The summed E-state index contributed by atoms with van der Waals surface area (Å²) in [6, 6.07) is -0.539. The summed E-state index contributed by atoms with van der Waals surface area (Å²) in [5, 5.41) is 23.2. The van der Waals surface area contributed by atoms with E-state index in [2.05, 4.69) is 43.5 Å². The molecule has 0 aliphatic heterocycles. The number of aliphatic hydroxyl groups excluding tert-OH is 2. The summed E-state index contributed by atoms with van der Waals surface area (Å²) < 4.78 is 0. The van der Waals surface area contributed by atoms with Crippen molar-refractivity contribution in [1.82, 2.24) is 5.32 Å². The van der Waals surface area contributed by atoms with Gasteiger partial charge in [-0.3, -0.25) is 4.79 Å². The van der Waals surface area contributed by atoms with E-state index in [1.54, 1.807) is 0 Å². The van der Waals surface area contributed by atoms with Gasteiger partial charge in [0.1, 0.15) is 0 Å². The summed E-state index contributed by atoms with van der Waals surface area (Å²) in [4.78, 5) is 12.4. The number of allylic oxidation sites excluding steroid dienone is 4. The van der Waals surface area contributed by atoms with Crippen LogP contribution in [0.2, 0.25) is 0 Å². The summed E-state index contributed by atoms with van der Waals surface area (Å²) in [7, 11) is 0. The van der Waals surface area contributed by atoms with E-state index in [4.69, 9.17) is 0 Å². The lowest BCUT2D eigenvalue weighted by molar-refractivity contribution is -0.123. The Morgan fingerprint density at radius 2 is 0.759 bits per heavy atom. The number of hydrogen-bond donors (Lipinski definition) is 3. The van der Waals surface area contributed by atoms with Gasteiger partial charge in [0.05, 0.1) is 18.8 Å². The summed E-state index contributed by atoms with van der Waals surface area (Å²) >= 11 is 0. The third kappa shape index (κ3) is 42.0. The van der Waals surface area contributed by atoms with Crippen molar-refractivity contribution in [2.75, 3.05) is 6.61 Å². The van der Waals surface area contributed by atoms with Crippen LogP contribution in [-0.4, -0.2) is 34.9 Å². The Morgan fingerprint density at radius 3 is 1.11 bits per heavy atom. The highest BCUT2D eigenvalue weighted by Gasteiger charge is 2.20. The summed E-state index contributed by atoms with van der Waals surface area (Å²) in [5.74, 6) is -0.0357. The second-order valence-electron chi connectivity index (χ2n) is 16.9. The third-order valence-electron chi connectivity index (χ3n) is 11.5. The number of nitrogens with one attached hydrogen (secondary N) is 1. The Labute approximate surface area is 339 Å². The standard InChI is InChI=1S/C50H97NO3/c1-3-5-7-9-11-13-15-17-19-21-23-24-25-26-28-30-32-34-36-38-40-42-44-46-50(54)51-48(47-52)49(53)45-43-41-39-37-35-33-31-29-27-22-20-18-16-14-12-10-8-6-4-2/h23-24,26,28,48-49,52-53H,3-22,25,27,29-47H2,1-2H3,(H,51,54)/b24-23-,28-26-. The van der Waals surface area contributed by atoms with Crippen LogP contribution in [0, 0.1) is 0 Å². The SMILES string of the molecule is CCCCCCCCCCC/C=C\C/C=C\CCCCCCCCCC(=O)NC(CO)C(O)CCCCCCCCCCCCCCCCCCCCC. The topological polar surface area (TPSA) is 69.6 Å². The minimum atomic E-state index is -0.662. The van der Waals surface area contributed by atoms with Crippen LogP contribution in [-0.2, 0) is 4.79 Å². The molecule has 0 spiro atoms. The molecule has 1 amide bonds. The van der Waals surface area contributed by atoms with E-state index in [9.17, 15) is 15.0 Å². The lowest BCUT2D eigenvalue weighted by atomic mass is 10.0. The molecular formula is C50H97NO3. The van der Waals surface area contributed by atoms with Crippen molar-refractivity contribution in [2.45, 2.75) is 283 Å². The Kier molecular flexibility index (Phi) is 45.3. The summed E-state index contributed by atoms with van der Waals surface area (Å²) in [5.41, 5.74) is 0. The molecule has 0 aliphatic carbocycles. The number of hydrogen-bond acceptors (Lipinski definition) is 3. The van der Waals surface area contributed by atoms with Crippen molar-refractivity contribution in [1.29, 1.82) is 0 Å². The van der Waals surface area contributed by atoms with Gasteiger partial charge in [-0.05, 0) is 44.9 Å². The fourth-order valence-electron chi connectivity index (χ4n) is 7.69. The first-order chi connectivity index (χ1) is 26.7. The van der Waals surface area contributed by atoms with Gasteiger partial charge >= 0.3 is 0 Å². The smallest absolute Gasteiger partial charge is 0.220 e. The van der Waals surface area contributed by atoms with Gasteiger partial charge in [-0.1, -0.05) is 244 Å². The van der Waals surface area contributed by atoms with Crippen LogP contribution in [0.5, 0.6) is 0 Å². The minimum absolute atomic E-state index is 0.0357. The molecule has 0 radical (unpaired) electrons. The van der Waals surface area contributed by atoms with Crippen LogP contribution in [0.4, 0.5) is 0 Å². The highest BCUT2D eigenvalue weighted by atomic mass is 16.3. The van der Waals surface area contributed by atoms with E-state index < -0.39 is 12.1 Å². The average Bonchev–Trinajstić information content (AvgIpc) is 3.18. The molecule has 2 atom stereocenters. The Morgan fingerprint density at radius 1 is 0.444 bits per heavy atom. The minimum Gasteiger partial charge on any atom is -0.394 e. The molecule has 4 heteroatoms. The van der Waals surface area contributed by atoms with Crippen LogP contribution >= 0.6 is 0 Å². The summed E-state index contributed by atoms with van der Waals surface area (Å²) in [6.07, 6.45) is 59.8. The van der Waals surface area contributed by atoms with Crippen molar-refractivity contribution in [2.24, 2.45) is 0 Å². The van der Waals surface area contributed by atoms with Crippen LogP contribution in [0.1, 0.15) is 271 Å². The fourth-order valence-corrected chi connectivity index (χ4v) is 7.69. The Hall–Kier alpha value is -1.13. The second-order valence-corrected chi connectivity index (χ2v) is 16.9. The molecule has 2 unspecified atom stereocenters. The maximum atomic E-state index is 12.4. The van der Waals surface area contributed by atoms with E-state index in [0.29, 0.717) is 12.8 Å². The monoisotopic (exact) mass is 760 g/mol. The molecule has 0 fully saturated rings. The second kappa shape index (κ2) is 46.3. The maximum Gasteiger partial charge on any atom is 0.220 e. The third-order valence-corrected chi connectivity index (χ3v) is 11.5. The number of amides is 1. The molecule has 54 heavy (non-hydrogen) atoms. The average molecular weight is 760 g/mol. The van der Waals surface area contributed by atoms with Crippen LogP contribution in [0.25, 0.3) is 0 Å². The van der Waals surface area contributed by atoms with Crippen molar-refractivity contribution in [3.8, 4) is 0 Å². The molecule has 320 valence electrons. The van der Waals surface area contributed by atoms with Crippen LogP contribution in [0.15, 0.2) is 24.3 Å². The number of carbonyl (C=O) groups excluding carboxylic acids is 1. The molecule has 0 heterocycles. The van der Waals surface area contributed by atoms with Gasteiger partial charge in [0.15, 0.2) is 0 Å². The molecule has 0 rings (SSSR count). The Bertz CT molecular complexity index is 780. The number of unbranched alkanes of at least 4 members (excludes halogenated alkanes) is 34. The molecule has 0 bridgehead atoms. The van der Waals surface area contributed by atoms with Gasteiger partial charge in [0.2, 0.25) is 5.91 Å². The normalized spacial score (nSPS) is 13.0. The highest BCUT2D eigenvalue weighted by Crippen LogP contribution is 2.16. The number of carbonyl (C=O) groups is 1. The lowest BCUT2D eigenvalue weighted by Crippen LogP contribution is -2.45. The van der Waals surface area contributed by atoms with Crippen molar-refractivity contribution in [3.63, 3.8) is 0 Å². The number of rotatable bonds is 45. The predicted molar refractivity (Wildman–Crippen MR) is 239 cm³/mol. The summed E-state index contributed by atoms with van der Waals surface area (Å²) in [6.45, 7) is 4.38. The van der Waals surface area contributed by atoms with Gasteiger partial charge in [0.25, 0.3) is 0 Å². The van der Waals surface area contributed by atoms with Gasteiger partial charge in [-0.25, -0.2) is 0 Å². The molecule has 3 N–H and O–H groups in total. The molecule has 4 nitrogen and oxygen atoms in total. The highest BCUT2D eigenvalue weighted by molar-refractivity contribution is 5.76. The van der Waals surface area contributed by atoms with Crippen molar-refractivity contribution in [3.05, 3.63) is 24.3 Å². The first kappa shape index (κ1) is 52.9. The van der Waals surface area contributed by atoms with E-state index in [1.807, 2.05) is 0 Å². The van der Waals surface area contributed by atoms with Crippen molar-refractivity contribution < 1.29 is 15.0 Å². The van der Waals surface area contributed by atoms with Crippen LogP contribution in [0.3, 0.4) is 0 Å². The maximum absolute atomic E-state index is 12.4. The molecule has 0 aliphatic rings. The van der Waals surface area contributed by atoms with Gasteiger partial charge in [-0.2, -0.15) is 0 Å². The van der Waals surface area contributed by atoms with Gasteiger partial charge in [-0.15, -0.1) is 0 Å². The van der Waals surface area contributed by atoms with Crippen molar-refractivity contribution >= 4 is 5.91 Å². The number of aliphatic hydroxyl groups is 2. The first-order valence-corrected chi connectivity index (χ1v) is 24.5. The zero-order chi connectivity index (χ0) is 39.3. The largest absolute Gasteiger partial charge is 0.394 e. The lowest BCUT2D eigenvalue weighted by Gasteiger charge is -2.22. The predicted octanol–water partition coefficient (Wildman–Crippen LogP) is 15.6. The molecule has 0 aromatic heterocycles. The zero-order valence-electron chi connectivity index (χ0n) is 36.8. The van der Waals surface area contributed by atoms with Gasteiger partial charge < -0.3 is 15.5 Å². The quantitative estimate of drug-likeness (QED) is 0.0428. The van der Waals surface area contributed by atoms with E-state index in [0.717, 1.165) is 32.1 Å². The molecule has 0 aromatic carbocycles. The zero-order valence-corrected chi connectivity index (χ0v) is 36.8. The molecule has 0 saturated heterocycles. The molecular weight excluding hydrogens is 663 g/mol. The van der Waals surface area contributed by atoms with E-state index in [1.165, 1.54) is 212 Å². The molecule has 0 saturated carbocycles. The van der Waals surface area contributed by atoms with Gasteiger partial charge in [0, 0.05) is 6.42 Å². The molecule has 0 aromatic rings. The van der Waals surface area contributed by atoms with Crippen LogP contribution < -0.4 is 5.32 Å². The Balaban J connectivity index is 3.50.